The Kier molecular flexibility index (Phi) is 7.69. The molecule has 4 heteroatoms. The van der Waals surface area contributed by atoms with E-state index >= 15 is 0 Å². The van der Waals surface area contributed by atoms with E-state index in [0.717, 1.165) is 39.0 Å². The third-order valence-electron chi connectivity index (χ3n) is 3.24. The molecular weight excluding hydrogens is 232 g/mol. The molecule has 0 saturated carbocycles. The summed E-state index contributed by atoms with van der Waals surface area (Å²) in [5, 5.41) is 4.04. The van der Waals surface area contributed by atoms with E-state index in [2.05, 4.69) is 19.2 Å². The van der Waals surface area contributed by atoms with Crippen LogP contribution in [0.25, 0.3) is 0 Å². The summed E-state index contributed by atoms with van der Waals surface area (Å²) in [6, 6.07) is 0. The fourth-order valence-corrected chi connectivity index (χ4v) is 3.18. The molecule has 0 radical (unpaired) electrons. The maximum Gasteiger partial charge on any atom is 0.232 e. The van der Waals surface area contributed by atoms with Crippen LogP contribution in [0, 0.1) is 0 Å². The molecule has 0 unspecified atom stereocenters. The Hall–Kier alpha value is -0.220. The zero-order valence-corrected chi connectivity index (χ0v) is 12.0. The molecule has 3 nitrogen and oxygen atoms in total. The topological polar surface area (TPSA) is 32.3 Å². The Labute approximate surface area is 110 Å². The highest BCUT2D eigenvalue weighted by Crippen LogP contribution is 2.20. The van der Waals surface area contributed by atoms with Crippen molar-refractivity contribution < 1.29 is 4.79 Å². The van der Waals surface area contributed by atoms with Gasteiger partial charge in [0.1, 0.15) is 0 Å². The highest BCUT2D eigenvalue weighted by molar-refractivity contribution is 8.00. The molecule has 1 saturated heterocycles. The molecule has 0 aromatic carbocycles. The summed E-state index contributed by atoms with van der Waals surface area (Å²) < 4.78 is 0. The van der Waals surface area contributed by atoms with E-state index in [4.69, 9.17) is 0 Å². The van der Waals surface area contributed by atoms with Crippen LogP contribution in [0.1, 0.15) is 39.5 Å². The first-order valence-corrected chi connectivity index (χ1v) is 7.92. The Morgan fingerprint density at radius 2 is 2.06 bits per heavy atom. The van der Waals surface area contributed by atoms with Crippen molar-refractivity contribution in [3.63, 3.8) is 0 Å². The van der Waals surface area contributed by atoms with Crippen LogP contribution in [0.3, 0.4) is 0 Å². The van der Waals surface area contributed by atoms with Crippen LogP contribution in [0.15, 0.2) is 0 Å². The zero-order chi connectivity index (χ0) is 12.5. The standard InChI is InChI=1S/C13H26N2OS/c1-3-5-10-15(4-2)13(16)11-17-12-6-8-14-9-7-12/h12,14H,3-11H2,1-2H3. The van der Waals surface area contributed by atoms with Gasteiger partial charge < -0.3 is 10.2 Å². The van der Waals surface area contributed by atoms with Gasteiger partial charge in [-0.3, -0.25) is 4.79 Å². The molecule has 0 aromatic rings. The van der Waals surface area contributed by atoms with Crippen LogP contribution in [-0.2, 0) is 4.79 Å². The van der Waals surface area contributed by atoms with Crippen molar-refractivity contribution in [3.05, 3.63) is 0 Å². The highest BCUT2D eigenvalue weighted by Gasteiger charge is 2.17. The molecule has 1 N–H and O–H groups in total. The van der Waals surface area contributed by atoms with Crippen molar-refractivity contribution in [2.45, 2.75) is 44.8 Å². The minimum atomic E-state index is 0.324. The largest absolute Gasteiger partial charge is 0.342 e. The summed E-state index contributed by atoms with van der Waals surface area (Å²) in [6.07, 6.45) is 4.70. The molecule has 1 rings (SSSR count). The number of carbonyl (C=O) groups excluding carboxylic acids is 1. The normalized spacial score (nSPS) is 17.1. The van der Waals surface area contributed by atoms with Gasteiger partial charge in [0.2, 0.25) is 5.91 Å². The number of hydrogen-bond donors (Lipinski definition) is 1. The molecule has 0 aliphatic carbocycles. The van der Waals surface area contributed by atoms with Gasteiger partial charge in [0, 0.05) is 18.3 Å². The SMILES string of the molecule is CCCCN(CC)C(=O)CSC1CCNCC1. The fourth-order valence-electron chi connectivity index (χ4n) is 2.05. The number of thioether (sulfide) groups is 1. The van der Waals surface area contributed by atoms with Gasteiger partial charge in [0.05, 0.1) is 5.75 Å². The van der Waals surface area contributed by atoms with Crippen LogP contribution >= 0.6 is 11.8 Å². The van der Waals surface area contributed by atoms with Crippen LogP contribution in [0.5, 0.6) is 0 Å². The van der Waals surface area contributed by atoms with Gasteiger partial charge in [-0.05, 0) is 39.3 Å². The third-order valence-corrected chi connectivity index (χ3v) is 4.60. The summed E-state index contributed by atoms with van der Waals surface area (Å²) in [7, 11) is 0. The average molecular weight is 258 g/mol. The third kappa shape index (κ3) is 5.77. The van der Waals surface area contributed by atoms with E-state index in [-0.39, 0.29) is 0 Å². The lowest BCUT2D eigenvalue weighted by molar-refractivity contribution is -0.128. The lowest BCUT2D eigenvalue weighted by Crippen LogP contribution is -2.35. The molecule has 1 aliphatic rings. The molecule has 0 atom stereocenters. The van der Waals surface area contributed by atoms with Crippen molar-refractivity contribution in [1.29, 1.82) is 0 Å². The molecule has 17 heavy (non-hydrogen) atoms. The zero-order valence-electron chi connectivity index (χ0n) is 11.2. The lowest BCUT2D eigenvalue weighted by Gasteiger charge is -2.24. The Morgan fingerprint density at radius 3 is 2.65 bits per heavy atom. The van der Waals surface area contributed by atoms with Crippen LogP contribution in [0.2, 0.25) is 0 Å². The predicted molar refractivity (Wildman–Crippen MR) is 75.5 cm³/mol. The molecule has 100 valence electrons. The van der Waals surface area contributed by atoms with E-state index in [1.165, 1.54) is 12.8 Å². The number of unbranched alkanes of at least 4 members (excludes halogenated alkanes) is 1. The van der Waals surface area contributed by atoms with Gasteiger partial charge in [-0.25, -0.2) is 0 Å². The van der Waals surface area contributed by atoms with Gasteiger partial charge in [-0.1, -0.05) is 13.3 Å². The number of hydrogen-bond acceptors (Lipinski definition) is 3. The summed E-state index contributed by atoms with van der Waals surface area (Å²) >= 11 is 1.85. The van der Waals surface area contributed by atoms with Crippen molar-refractivity contribution in [2.75, 3.05) is 31.9 Å². The monoisotopic (exact) mass is 258 g/mol. The molecule has 1 fully saturated rings. The van der Waals surface area contributed by atoms with Gasteiger partial charge in [-0.2, -0.15) is 0 Å². The number of rotatable bonds is 7. The minimum Gasteiger partial charge on any atom is -0.342 e. The highest BCUT2D eigenvalue weighted by atomic mass is 32.2. The second-order valence-electron chi connectivity index (χ2n) is 4.59. The van der Waals surface area contributed by atoms with Crippen molar-refractivity contribution in [1.82, 2.24) is 10.2 Å². The van der Waals surface area contributed by atoms with Crippen LogP contribution in [-0.4, -0.2) is 48.0 Å². The van der Waals surface area contributed by atoms with Gasteiger partial charge in [0.15, 0.2) is 0 Å². The van der Waals surface area contributed by atoms with Crippen LogP contribution in [0.4, 0.5) is 0 Å². The molecule has 0 bridgehead atoms. The number of carbonyl (C=O) groups is 1. The molecule has 1 heterocycles. The first kappa shape index (κ1) is 14.8. The van der Waals surface area contributed by atoms with E-state index in [0.29, 0.717) is 16.9 Å². The molecule has 1 amide bonds. The number of amides is 1. The summed E-state index contributed by atoms with van der Waals surface area (Å²) in [6.45, 7) is 8.24. The number of nitrogens with zero attached hydrogens (tertiary/aromatic N) is 1. The maximum atomic E-state index is 12.0. The maximum absolute atomic E-state index is 12.0. The Bertz CT molecular complexity index is 217. The first-order valence-electron chi connectivity index (χ1n) is 6.88. The van der Waals surface area contributed by atoms with Crippen molar-refractivity contribution in [2.24, 2.45) is 0 Å². The number of nitrogens with one attached hydrogen (secondary N) is 1. The molecule has 0 aromatic heterocycles. The Morgan fingerprint density at radius 1 is 1.35 bits per heavy atom. The van der Waals surface area contributed by atoms with Gasteiger partial charge in [0.25, 0.3) is 0 Å². The van der Waals surface area contributed by atoms with E-state index in [1.54, 1.807) is 0 Å². The first-order chi connectivity index (χ1) is 8.27. The second-order valence-corrected chi connectivity index (χ2v) is 5.88. The smallest absolute Gasteiger partial charge is 0.232 e. The van der Waals surface area contributed by atoms with Gasteiger partial charge >= 0.3 is 0 Å². The van der Waals surface area contributed by atoms with Gasteiger partial charge in [-0.15, -0.1) is 11.8 Å². The lowest BCUT2D eigenvalue weighted by atomic mass is 10.2. The summed E-state index contributed by atoms with van der Waals surface area (Å²) in [5.41, 5.74) is 0. The molecule has 1 aliphatic heterocycles. The van der Waals surface area contributed by atoms with Crippen molar-refractivity contribution in [3.8, 4) is 0 Å². The second kappa shape index (κ2) is 8.81. The fraction of sp³-hybridized carbons (Fsp3) is 0.923. The molecular formula is C13H26N2OS. The number of piperidine rings is 1. The predicted octanol–water partition coefficient (Wildman–Crippen LogP) is 2.12. The summed E-state index contributed by atoms with van der Waals surface area (Å²) in [5.74, 6) is 0.992. The van der Waals surface area contributed by atoms with Crippen molar-refractivity contribution >= 4 is 17.7 Å². The van der Waals surface area contributed by atoms with E-state index in [1.807, 2.05) is 16.7 Å². The average Bonchev–Trinajstić information content (AvgIpc) is 2.38. The quantitative estimate of drug-likeness (QED) is 0.759. The van der Waals surface area contributed by atoms with E-state index in [9.17, 15) is 4.79 Å². The molecule has 0 spiro atoms. The van der Waals surface area contributed by atoms with Crippen LogP contribution < -0.4 is 5.32 Å². The van der Waals surface area contributed by atoms with E-state index < -0.39 is 0 Å². The minimum absolute atomic E-state index is 0.324. The summed E-state index contributed by atoms with van der Waals surface area (Å²) in [4.78, 5) is 14.0. The Balaban J connectivity index is 2.21.